The van der Waals surface area contributed by atoms with Crippen LogP contribution in [-0.4, -0.2) is 23.4 Å². The summed E-state index contributed by atoms with van der Waals surface area (Å²) in [7, 11) is 2.77. The first-order valence-corrected chi connectivity index (χ1v) is 6.21. The zero-order valence-electron chi connectivity index (χ0n) is 10.3. The van der Waals surface area contributed by atoms with Crippen LogP contribution in [0.2, 0.25) is 0 Å². The second kappa shape index (κ2) is 5.77. The number of aliphatic hydroxyl groups excluding tert-OH is 2. The molecule has 0 aliphatic carbocycles. The van der Waals surface area contributed by atoms with E-state index in [1.165, 1.54) is 33.1 Å². The van der Waals surface area contributed by atoms with Gasteiger partial charge in [0.15, 0.2) is 0 Å². The molecule has 0 fully saturated rings. The van der Waals surface area contributed by atoms with E-state index < -0.39 is 0 Å². The van der Waals surface area contributed by atoms with Crippen molar-refractivity contribution >= 4 is 14.5 Å². The SMILES string of the molecule is Cc1c(P)c(C)c(CCO)c(C)c1CCO. The van der Waals surface area contributed by atoms with Crippen molar-refractivity contribution in [2.24, 2.45) is 0 Å². The predicted molar refractivity (Wildman–Crippen MR) is 71.6 cm³/mol. The van der Waals surface area contributed by atoms with Gasteiger partial charge in [-0.25, -0.2) is 0 Å². The molecule has 1 aromatic rings. The van der Waals surface area contributed by atoms with E-state index in [1.807, 2.05) is 0 Å². The van der Waals surface area contributed by atoms with E-state index in [0.29, 0.717) is 12.8 Å². The van der Waals surface area contributed by atoms with Crippen molar-refractivity contribution in [2.75, 3.05) is 13.2 Å². The highest BCUT2D eigenvalue weighted by molar-refractivity contribution is 7.27. The fraction of sp³-hybridized carbons (Fsp3) is 0.538. The van der Waals surface area contributed by atoms with Crippen molar-refractivity contribution < 1.29 is 10.2 Å². The van der Waals surface area contributed by atoms with Crippen molar-refractivity contribution in [2.45, 2.75) is 33.6 Å². The van der Waals surface area contributed by atoms with Crippen molar-refractivity contribution in [1.29, 1.82) is 0 Å². The quantitative estimate of drug-likeness (QED) is 0.776. The van der Waals surface area contributed by atoms with Crippen LogP contribution in [0.3, 0.4) is 0 Å². The Balaban J connectivity index is 3.39. The third-order valence-electron chi connectivity index (χ3n) is 3.34. The van der Waals surface area contributed by atoms with Gasteiger partial charge in [0.2, 0.25) is 0 Å². The van der Waals surface area contributed by atoms with Crippen molar-refractivity contribution in [1.82, 2.24) is 0 Å². The molecule has 2 N–H and O–H groups in total. The Morgan fingerprint density at radius 2 is 1.19 bits per heavy atom. The Morgan fingerprint density at radius 3 is 1.50 bits per heavy atom. The molecule has 1 aromatic carbocycles. The second-order valence-corrected chi connectivity index (χ2v) is 4.77. The lowest BCUT2D eigenvalue weighted by Gasteiger charge is -2.19. The monoisotopic (exact) mass is 240 g/mol. The molecule has 0 aliphatic heterocycles. The first-order valence-electron chi connectivity index (χ1n) is 5.63. The fourth-order valence-electron chi connectivity index (χ4n) is 2.32. The smallest absolute Gasteiger partial charge is 0.0471 e. The molecule has 0 heterocycles. The molecule has 0 aromatic heterocycles. The molecule has 1 atom stereocenters. The topological polar surface area (TPSA) is 40.5 Å². The highest BCUT2D eigenvalue weighted by atomic mass is 31.0. The summed E-state index contributed by atoms with van der Waals surface area (Å²) in [5.74, 6) is 0. The van der Waals surface area contributed by atoms with E-state index >= 15 is 0 Å². The van der Waals surface area contributed by atoms with Gasteiger partial charge in [0.1, 0.15) is 0 Å². The Kier molecular flexibility index (Phi) is 4.91. The first-order chi connectivity index (χ1) is 7.54. The molecule has 0 saturated carbocycles. The molecule has 1 rings (SSSR count). The molecule has 0 spiro atoms. The van der Waals surface area contributed by atoms with Gasteiger partial charge in [-0.3, -0.25) is 0 Å². The molecule has 0 amide bonds. The molecule has 1 unspecified atom stereocenters. The molecule has 16 heavy (non-hydrogen) atoms. The van der Waals surface area contributed by atoms with E-state index in [1.54, 1.807) is 0 Å². The number of aliphatic hydroxyl groups is 2. The largest absolute Gasteiger partial charge is 0.396 e. The fourth-order valence-corrected chi connectivity index (χ4v) is 2.67. The van der Waals surface area contributed by atoms with E-state index in [9.17, 15) is 0 Å². The summed E-state index contributed by atoms with van der Waals surface area (Å²) in [6.07, 6.45) is 1.38. The third kappa shape index (κ3) is 2.45. The zero-order valence-corrected chi connectivity index (χ0v) is 11.5. The minimum absolute atomic E-state index is 0.174. The molecular weight excluding hydrogens is 219 g/mol. The normalized spacial score (nSPS) is 10.9. The molecule has 0 aliphatic rings. The minimum atomic E-state index is 0.174. The molecule has 0 radical (unpaired) electrons. The van der Waals surface area contributed by atoms with E-state index in [2.05, 4.69) is 30.0 Å². The number of hydrogen-bond acceptors (Lipinski definition) is 2. The number of rotatable bonds is 4. The van der Waals surface area contributed by atoms with Crippen LogP contribution in [0.1, 0.15) is 27.8 Å². The summed E-state index contributed by atoms with van der Waals surface area (Å²) in [5, 5.41) is 19.4. The molecule has 0 bridgehead atoms. The van der Waals surface area contributed by atoms with Gasteiger partial charge in [-0.05, 0) is 66.7 Å². The van der Waals surface area contributed by atoms with Crippen LogP contribution in [0.25, 0.3) is 0 Å². The van der Waals surface area contributed by atoms with Gasteiger partial charge in [0.05, 0.1) is 0 Å². The average Bonchev–Trinajstić information content (AvgIpc) is 2.28. The summed E-state index contributed by atoms with van der Waals surface area (Å²) in [6.45, 7) is 6.62. The van der Waals surface area contributed by atoms with Gasteiger partial charge in [-0.1, -0.05) is 0 Å². The lowest BCUT2D eigenvalue weighted by molar-refractivity contribution is 0.297. The van der Waals surface area contributed by atoms with Crippen LogP contribution in [0.4, 0.5) is 0 Å². The maximum absolute atomic E-state index is 9.09. The van der Waals surface area contributed by atoms with Crippen LogP contribution in [0.15, 0.2) is 0 Å². The summed E-state index contributed by atoms with van der Waals surface area (Å²) in [6, 6.07) is 0. The van der Waals surface area contributed by atoms with Crippen LogP contribution in [0.5, 0.6) is 0 Å². The summed E-state index contributed by atoms with van der Waals surface area (Å²) >= 11 is 0. The van der Waals surface area contributed by atoms with E-state index in [4.69, 9.17) is 10.2 Å². The molecule has 3 heteroatoms. The minimum Gasteiger partial charge on any atom is -0.396 e. The highest BCUT2D eigenvalue weighted by Gasteiger charge is 2.13. The lowest BCUT2D eigenvalue weighted by atomic mass is 9.90. The van der Waals surface area contributed by atoms with E-state index in [0.717, 1.165) is 0 Å². The molecule has 90 valence electrons. The van der Waals surface area contributed by atoms with Crippen molar-refractivity contribution in [3.05, 3.63) is 27.8 Å². The molecule has 0 saturated heterocycles. The Hall–Kier alpha value is -0.430. The Bertz CT molecular complexity index is 353. The van der Waals surface area contributed by atoms with E-state index in [-0.39, 0.29) is 13.2 Å². The zero-order chi connectivity index (χ0) is 12.3. The van der Waals surface area contributed by atoms with Gasteiger partial charge >= 0.3 is 0 Å². The average molecular weight is 240 g/mol. The number of benzene rings is 1. The van der Waals surface area contributed by atoms with Crippen LogP contribution in [-0.2, 0) is 12.8 Å². The summed E-state index contributed by atoms with van der Waals surface area (Å²) < 4.78 is 0. The first kappa shape index (κ1) is 13.6. The van der Waals surface area contributed by atoms with Gasteiger partial charge in [-0.15, -0.1) is 9.24 Å². The predicted octanol–water partition coefficient (Wildman–Crippen LogP) is 1.18. The van der Waals surface area contributed by atoms with Gasteiger partial charge in [0.25, 0.3) is 0 Å². The van der Waals surface area contributed by atoms with Gasteiger partial charge < -0.3 is 10.2 Å². The standard InChI is InChI=1S/C13H21O2P/c1-8-11(4-6-14)9(2)13(16)10(3)12(8)5-7-15/h14-15H,4-7,16H2,1-3H3. The van der Waals surface area contributed by atoms with Crippen molar-refractivity contribution in [3.8, 4) is 0 Å². The second-order valence-electron chi connectivity index (χ2n) is 4.19. The Labute approximate surface area is 99.9 Å². The summed E-state index contributed by atoms with van der Waals surface area (Å²) in [4.78, 5) is 0. The molecular formula is C13H21O2P. The highest BCUT2D eigenvalue weighted by Crippen LogP contribution is 2.23. The lowest BCUT2D eigenvalue weighted by Crippen LogP contribution is -2.15. The Morgan fingerprint density at radius 1 is 0.812 bits per heavy atom. The van der Waals surface area contributed by atoms with Gasteiger partial charge in [0, 0.05) is 13.2 Å². The summed E-state index contributed by atoms with van der Waals surface area (Å²) in [5.41, 5.74) is 6.17. The van der Waals surface area contributed by atoms with Crippen LogP contribution < -0.4 is 5.30 Å². The maximum atomic E-state index is 9.09. The molecule has 2 nitrogen and oxygen atoms in total. The third-order valence-corrected chi connectivity index (χ3v) is 4.21. The van der Waals surface area contributed by atoms with Crippen LogP contribution >= 0.6 is 9.24 Å². The maximum Gasteiger partial charge on any atom is 0.0471 e. The van der Waals surface area contributed by atoms with Crippen molar-refractivity contribution in [3.63, 3.8) is 0 Å². The van der Waals surface area contributed by atoms with Crippen LogP contribution in [0, 0.1) is 20.8 Å². The number of hydrogen-bond donors (Lipinski definition) is 2. The van der Waals surface area contributed by atoms with Gasteiger partial charge in [-0.2, -0.15) is 0 Å².